The van der Waals surface area contributed by atoms with Crippen LogP contribution in [0.5, 0.6) is 17.2 Å². The SMILES string of the molecule is COc1cc(OC)c([C@H]2[NH2+]Cc3ccccc3-n3cccc32)cc1OC. The normalized spacial score (nSPS) is 15.6. The Morgan fingerprint density at radius 3 is 2.38 bits per heavy atom. The second-order valence-electron chi connectivity index (χ2n) is 6.30. The van der Waals surface area contributed by atoms with Gasteiger partial charge in [0, 0.05) is 17.8 Å². The van der Waals surface area contributed by atoms with Gasteiger partial charge in [0.05, 0.1) is 38.3 Å². The van der Waals surface area contributed by atoms with E-state index in [4.69, 9.17) is 14.2 Å². The molecule has 2 N–H and O–H groups in total. The number of quaternary nitrogens is 1. The largest absolute Gasteiger partial charge is 0.496 e. The molecule has 2 heterocycles. The van der Waals surface area contributed by atoms with Gasteiger partial charge < -0.3 is 24.1 Å². The molecule has 26 heavy (non-hydrogen) atoms. The smallest absolute Gasteiger partial charge is 0.164 e. The maximum atomic E-state index is 5.69. The second-order valence-corrected chi connectivity index (χ2v) is 6.30. The molecule has 1 aliphatic rings. The minimum atomic E-state index is 0.0900. The Bertz CT molecular complexity index is 933. The standard InChI is InChI=1S/C21H22N2O3/c1-24-18-12-20(26-3)19(25-2)11-15(18)21-17-9-6-10-23(17)16-8-5-4-7-14(16)13-22-21/h4-12,21-22H,13H2,1-3H3/p+1/t21-/m1/s1. The Balaban J connectivity index is 1.88. The van der Waals surface area contributed by atoms with Crippen LogP contribution in [0.25, 0.3) is 5.69 Å². The van der Waals surface area contributed by atoms with Gasteiger partial charge in [-0.1, -0.05) is 18.2 Å². The van der Waals surface area contributed by atoms with Crippen molar-refractivity contribution in [2.75, 3.05) is 21.3 Å². The van der Waals surface area contributed by atoms with E-state index < -0.39 is 0 Å². The highest BCUT2D eigenvalue weighted by atomic mass is 16.5. The Labute approximate surface area is 153 Å². The van der Waals surface area contributed by atoms with Gasteiger partial charge in [-0.3, -0.25) is 0 Å². The van der Waals surface area contributed by atoms with E-state index in [9.17, 15) is 0 Å². The van der Waals surface area contributed by atoms with E-state index in [2.05, 4.69) is 52.5 Å². The van der Waals surface area contributed by atoms with E-state index >= 15 is 0 Å². The zero-order valence-electron chi connectivity index (χ0n) is 15.2. The molecule has 0 spiro atoms. The number of aromatic nitrogens is 1. The molecule has 2 aromatic carbocycles. The first-order valence-corrected chi connectivity index (χ1v) is 8.65. The number of methoxy groups -OCH3 is 3. The second kappa shape index (κ2) is 6.77. The average molecular weight is 351 g/mol. The molecule has 0 fully saturated rings. The molecule has 134 valence electrons. The molecule has 0 saturated heterocycles. The Hall–Kier alpha value is -2.92. The van der Waals surface area contributed by atoms with Crippen molar-refractivity contribution in [3.05, 3.63) is 71.5 Å². The van der Waals surface area contributed by atoms with Crippen molar-refractivity contribution in [3.8, 4) is 22.9 Å². The van der Waals surface area contributed by atoms with Crippen molar-refractivity contribution in [1.29, 1.82) is 0 Å². The fourth-order valence-corrected chi connectivity index (χ4v) is 3.73. The quantitative estimate of drug-likeness (QED) is 0.786. The van der Waals surface area contributed by atoms with Crippen molar-refractivity contribution in [3.63, 3.8) is 0 Å². The fraction of sp³-hybridized carbons (Fsp3) is 0.238. The predicted octanol–water partition coefficient (Wildman–Crippen LogP) is 2.67. The molecule has 0 aliphatic carbocycles. The van der Waals surface area contributed by atoms with Crippen LogP contribution in [-0.2, 0) is 6.54 Å². The summed E-state index contributed by atoms with van der Waals surface area (Å²) >= 11 is 0. The minimum Gasteiger partial charge on any atom is -0.496 e. The lowest BCUT2D eigenvalue weighted by atomic mass is 10.0. The summed E-state index contributed by atoms with van der Waals surface area (Å²) in [4.78, 5) is 0. The summed E-state index contributed by atoms with van der Waals surface area (Å²) in [6, 6.07) is 16.8. The van der Waals surface area contributed by atoms with E-state index in [0.717, 1.165) is 17.9 Å². The van der Waals surface area contributed by atoms with E-state index in [-0.39, 0.29) is 6.04 Å². The molecule has 0 radical (unpaired) electrons. The average Bonchev–Trinajstić information content (AvgIpc) is 3.11. The maximum Gasteiger partial charge on any atom is 0.164 e. The number of rotatable bonds is 4. The van der Waals surface area contributed by atoms with Crippen LogP contribution in [0.15, 0.2) is 54.7 Å². The predicted molar refractivity (Wildman–Crippen MR) is 99.3 cm³/mol. The van der Waals surface area contributed by atoms with Gasteiger partial charge in [0.2, 0.25) is 0 Å². The van der Waals surface area contributed by atoms with Crippen LogP contribution in [0, 0.1) is 0 Å². The number of para-hydroxylation sites is 1. The zero-order valence-corrected chi connectivity index (χ0v) is 15.2. The van der Waals surface area contributed by atoms with E-state index in [1.54, 1.807) is 21.3 Å². The summed E-state index contributed by atoms with van der Waals surface area (Å²) in [6.45, 7) is 0.889. The minimum absolute atomic E-state index is 0.0900. The fourth-order valence-electron chi connectivity index (χ4n) is 3.73. The van der Waals surface area contributed by atoms with E-state index in [0.29, 0.717) is 11.5 Å². The van der Waals surface area contributed by atoms with Crippen molar-refractivity contribution >= 4 is 0 Å². The van der Waals surface area contributed by atoms with E-state index in [1.807, 2.05) is 12.1 Å². The highest BCUT2D eigenvalue weighted by Gasteiger charge is 2.29. The molecule has 0 amide bonds. The van der Waals surface area contributed by atoms with Gasteiger partial charge in [-0.15, -0.1) is 0 Å². The number of benzene rings is 2. The third-order valence-electron chi connectivity index (χ3n) is 4.99. The van der Waals surface area contributed by atoms with Crippen LogP contribution in [-0.4, -0.2) is 25.9 Å². The first-order chi connectivity index (χ1) is 12.8. The zero-order chi connectivity index (χ0) is 18.1. The highest BCUT2D eigenvalue weighted by Crippen LogP contribution is 2.39. The molecule has 0 saturated carbocycles. The highest BCUT2D eigenvalue weighted by molar-refractivity contribution is 5.54. The molecule has 3 aromatic rings. The summed E-state index contributed by atoms with van der Waals surface area (Å²) in [7, 11) is 4.98. The van der Waals surface area contributed by atoms with Crippen molar-refractivity contribution in [2.45, 2.75) is 12.6 Å². The lowest BCUT2D eigenvalue weighted by Gasteiger charge is -2.20. The maximum absolute atomic E-state index is 5.69. The van der Waals surface area contributed by atoms with Crippen molar-refractivity contribution in [1.82, 2.24) is 4.57 Å². The molecule has 5 nitrogen and oxygen atoms in total. The molecule has 0 unspecified atom stereocenters. The third kappa shape index (κ3) is 2.61. The van der Waals surface area contributed by atoms with Crippen LogP contribution in [0.3, 0.4) is 0 Å². The van der Waals surface area contributed by atoms with Gasteiger partial charge in [-0.2, -0.15) is 0 Å². The van der Waals surface area contributed by atoms with Crippen LogP contribution in [0.1, 0.15) is 22.9 Å². The summed E-state index contributed by atoms with van der Waals surface area (Å²) in [6.07, 6.45) is 2.12. The summed E-state index contributed by atoms with van der Waals surface area (Å²) in [5.74, 6) is 2.17. The first kappa shape index (κ1) is 16.5. The number of hydrogen-bond donors (Lipinski definition) is 1. The molecule has 0 bridgehead atoms. The summed E-state index contributed by atoms with van der Waals surface area (Å²) in [5.41, 5.74) is 4.82. The van der Waals surface area contributed by atoms with Gasteiger partial charge in [0.15, 0.2) is 17.5 Å². The Morgan fingerprint density at radius 2 is 1.62 bits per heavy atom. The molecule has 1 atom stereocenters. The van der Waals surface area contributed by atoms with Crippen molar-refractivity contribution in [2.24, 2.45) is 0 Å². The van der Waals surface area contributed by atoms with Gasteiger partial charge >= 0.3 is 0 Å². The first-order valence-electron chi connectivity index (χ1n) is 8.65. The number of nitrogens with zero attached hydrogens (tertiary/aromatic N) is 1. The van der Waals surface area contributed by atoms with Crippen LogP contribution in [0.4, 0.5) is 0 Å². The molecular formula is C21H23N2O3+. The van der Waals surface area contributed by atoms with Gasteiger partial charge in [0.1, 0.15) is 12.3 Å². The Morgan fingerprint density at radius 1 is 0.885 bits per heavy atom. The monoisotopic (exact) mass is 351 g/mol. The van der Waals surface area contributed by atoms with Gasteiger partial charge in [-0.25, -0.2) is 0 Å². The topological polar surface area (TPSA) is 49.2 Å². The van der Waals surface area contributed by atoms with Crippen LogP contribution in [0.2, 0.25) is 0 Å². The molecule has 1 aliphatic heterocycles. The molecule has 1 aromatic heterocycles. The third-order valence-corrected chi connectivity index (χ3v) is 4.99. The number of hydrogen-bond acceptors (Lipinski definition) is 3. The molecule has 4 rings (SSSR count). The lowest BCUT2D eigenvalue weighted by Crippen LogP contribution is -2.83. The number of fused-ring (bicyclic) bond motifs is 3. The molecule has 5 heteroatoms. The van der Waals surface area contributed by atoms with Crippen molar-refractivity contribution < 1.29 is 19.5 Å². The summed E-state index contributed by atoms with van der Waals surface area (Å²) in [5, 5.41) is 2.33. The molecular weight excluding hydrogens is 328 g/mol. The van der Waals surface area contributed by atoms with Gasteiger partial charge in [-0.05, 0) is 24.3 Å². The number of nitrogens with two attached hydrogens (primary N) is 1. The number of ether oxygens (including phenoxy) is 3. The van der Waals surface area contributed by atoms with Crippen LogP contribution < -0.4 is 19.5 Å². The summed E-state index contributed by atoms with van der Waals surface area (Å²) < 4.78 is 18.9. The lowest BCUT2D eigenvalue weighted by molar-refractivity contribution is -0.702. The van der Waals surface area contributed by atoms with Crippen LogP contribution >= 0.6 is 0 Å². The van der Waals surface area contributed by atoms with E-state index in [1.165, 1.54) is 16.9 Å². The Kier molecular flexibility index (Phi) is 4.31. The van der Waals surface area contributed by atoms with Gasteiger partial charge in [0.25, 0.3) is 0 Å².